The maximum absolute atomic E-state index is 12.0. The molecule has 0 atom stereocenters. The van der Waals surface area contributed by atoms with Gasteiger partial charge in [-0.3, -0.25) is 4.79 Å². The van der Waals surface area contributed by atoms with Gasteiger partial charge in [0, 0.05) is 18.7 Å². The first-order chi connectivity index (χ1) is 13.6. The standard InChI is InChI=1S/C20H25N3O6.Li/c1-20(2,3)29-19(27)21-10-5-11-28-16-8-9-17(24)23(22-16)13-14-6-4-7-15(12-14)18(25)26;/h4,6-9,12H,5,10-11,13H2,1-3H3,(H,21,27)(H,25,26);/q;+1/p-1. The molecule has 2 rings (SSSR count). The minimum Gasteiger partial charge on any atom is -0.545 e. The number of hydrogen-bond acceptors (Lipinski definition) is 7. The summed E-state index contributed by atoms with van der Waals surface area (Å²) in [6.07, 6.45) is 0.0243. The number of aromatic nitrogens is 2. The largest absolute Gasteiger partial charge is 1.00 e. The number of nitrogens with one attached hydrogen (secondary N) is 1. The first-order valence-corrected chi connectivity index (χ1v) is 9.12. The number of carbonyl (C=O) groups excluding carboxylic acids is 2. The zero-order chi connectivity index (χ0) is 21.4. The number of amides is 1. The Bertz CT molecular complexity index is 923. The first-order valence-electron chi connectivity index (χ1n) is 9.12. The molecule has 0 aliphatic carbocycles. The number of benzene rings is 1. The molecule has 30 heavy (non-hydrogen) atoms. The van der Waals surface area contributed by atoms with Crippen LogP contribution in [0.5, 0.6) is 5.88 Å². The molecule has 1 N–H and O–H groups in total. The van der Waals surface area contributed by atoms with Gasteiger partial charge < -0.3 is 24.7 Å². The van der Waals surface area contributed by atoms with Crippen LogP contribution in [0.1, 0.15) is 43.1 Å². The van der Waals surface area contributed by atoms with Crippen LogP contribution < -0.4 is 39.6 Å². The maximum atomic E-state index is 12.0. The van der Waals surface area contributed by atoms with Gasteiger partial charge in [-0.25, -0.2) is 9.48 Å². The van der Waals surface area contributed by atoms with Crippen molar-refractivity contribution in [1.29, 1.82) is 0 Å². The average Bonchev–Trinajstić information content (AvgIpc) is 2.62. The fourth-order valence-electron chi connectivity index (χ4n) is 2.34. The van der Waals surface area contributed by atoms with E-state index in [4.69, 9.17) is 9.47 Å². The van der Waals surface area contributed by atoms with Crippen LogP contribution in [-0.2, 0) is 11.3 Å². The number of ether oxygens (including phenoxy) is 2. The van der Waals surface area contributed by atoms with Gasteiger partial charge in [0.2, 0.25) is 5.88 Å². The molecular formula is C20H24LiN3O6. The van der Waals surface area contributed by atoms with Crippen LogP contribution in [0.25, 0.3) is 0 Å². The van der Waals surface area contributed by atoms with Gasteiger partial charge in [0.05, 0.1) is 19.1 Å². The summed E-state index contributed by atoms with van der Waals surface area (Å²) in [6.45, 7) is 6.09. The molecule has 10 heteroatoms. The quantitative estimate of drug-likeness (QED) is 0.393. The number of hydrogen-bond donors (Lipinski definition) is 1. The number of carbonyl (C=O) groups is 2. The third-order valence-electron chi connectivity index (χ3n) is 3.58. The van der Waals surface area contributed by atoms with Crippen molar-refractivity contribution in [2.75, 3.05) is 13.2 Å². The number of alkyl carbamates (subject to hydrolysis) is 1. The first kappa shape index (κ1) is 25.3. The van der Waals surface area contributed by atoms with Crippen LogP contribution in [-0.4, -0.2) is 40.6 Å². The van der Waals surface area contributed by atoms with E-state index in [9.17, 15) is 19.5 Å². The molecule has 1 amide bonds. The van der Waals surface area contributed by atoms with E-state index in [0.717, 1.165) is 0 Å². The topological polar surface area (TPSA) is 123 Å². The molecule has 156 valence electrons. The average molecular weight is 409 g/mol. The molecule has 0 saturated carbocycles. The van der Waals surface area contributed by atoms with Crippen LogP contribution in [0.15, 0.2) is 41.2 Å². The third kappa shape index (κ3) is 8.72. The SMILES string of the molecule is CC(C)(C)OC(=O)NCCCOc1ccc(=O)n(Cc2cccc(C(=O)[O-])c2)n1.[Li+]. The summed E-state index contributed by atoms with van der Waals surface area (Å²) in [7, 11) is 0. The van der Waals surface area contributed by atoms with E-state index in [0.29, 0.717) is 18.5 Å². The van der Waals surface area contributed by atoms with Crippen molar-refractivity contribution in [2.24, 2.45) is 0 Å². The summed E-state index contributed by atoms with van der Waals surface area (Å²) in [6, 6.07) is 8.89. The van der Waals surface area contributed by atoms with Gasteiger partial charge in [-0.2, -0.15) is 0 Å². The second kappa shape index (κ2) is 11.4. The Morgan fingerprint density at radius 1 is 1.20 bits per heavy atom. The predicted octanol–water partition coefficient (Wildman–Crippen LogP) is -2.05. The normalized spacial score (nSPS) is 10.6. The van der Waals surface area contributed by atoms with Crippen molar-refractivity contribution < 1.29 is 43.0 Å². The van der Waals surface area contributed by atoms with Crippen LogP contribution in [0.2, 0.25) is 0 Å². The zero-order valence-electron chi connectivity index (χ0n) is 17.6. The molecule has 0 unspecified atom stereocenters. The summed E-state index contributed by atoms with van der Waals surface area (Å²) >= 11 is 0. The molecule has 1 aromatic heterocycles. The van der Waals surface area contributed by atoms with E-state index in [-0.39, 0.29) is 49.0 Å². The number of carboxylic acid groups (broad SMARTS) is 1. The summed E-state index contributed by atoms with van der Waals surface area (Å²) < 4.78 is 11.8. The molecule has 1 heterocycles. The minimum atomic E-state index is -1.29. The summed E-state index contributed by atoms with van der Waals surface area (Å²) in [5, 5.41) is 17.7. The Morgan fingerprint density at radius 3 is 2.60 bits per heavy atom. The fraction of sp³-hybridized carbons (Fsp3) is 0.400. The Kier molecular flexibility index (Phi) is 9.63. The van der Waals surface area contributed by atoms with Crippen molar-refractivity contribution >= 4 is 12.1 Å². The Labute approximate surface area is 186 Å². The van der Waals surface area contributed by atoms with Crippen molar-refractivity contribution in [3.8, 4) is 5.88 Å². The van der Waals surface area contributed by atoms with Crippen molar-refractivity contribution in [2.45, 2.75) is 39.3 Å². The number of aromatic carboxylic acids is 1. The van der Waals surface area contributed by atoms with Crippen molar-refractivity contribution in [1.82, 2.24) is 15.1 Å². The van der Waals surface area contributed by atoms with Gasteiger partial charge in [0.25, 0.3) is 5.56 Å². The maximum Gasteiger partial charge on any atom is 1.00 e. The van der Waals surface area contributed by atoms with Crippen molar-refractivity contribution in [3.05, 3.63) is 57.9 Å². The summed E-state index contributed by atoms with van der Waals surface area (Å²) in [5.41, 5.74) is -0.276. The molecule has 0 spiro atoms. The van der Waals surface area contributed by atoms with Gasteiger partial charge in [-0.1, -0.05) is 18.2 Å². The van der Waals surface area contributed by atoms with Crippen LogP contribution in [0.4, 0.5) is 4.79 Å². The van der Waals surface area contributed by atoms with E-state index in [1.54, 1.807) is 32.9 Å². The van der Waals surface area contributed by atoms with Gasteiger partial charge in [0.15, 0.2) is 0 Å². The van der Waals surface area contributed by atoms with Gasteiger partial charge in [0.1, 0.15) is 5.60 Å². The zero-order valence-corrected chi connectivity index (χ0v) is 17.6. The van der Waals surface area contributed by atoms with Gasteiger partial charge in [-0.15, -0.1) is 5.10 Å². The number of rotatable bonds is 8. The van der Waals surface area contributed by atoms with E-state index in [1.165, 1.54) is 28.9 Å². The van der Waals surface area contributed by atoms with E-state index in [2.05, 4.69) is 10.4 Å². The molecule has 0 radical (unpaired) electrons. The molecule has 0 aliphatic rings. The third-order valence-corrected chi connectivity index (χ3v) is 3.58. The Balaban J connectivity index is 0.00000450. The monoisotopic (exact) mass is 409 g/mol. The molecule has 2 aromatic rings. The smallest absolute Gasteiger partial charge is 0.545 e. The molecule has 0 fully saturated rings. The van der Waals surface area contributed by atoms with Gasteiger partial charge in [-0.05, 0) is 44.4 Å². The van der Waals surface area contributed by atoms with Crippen LogP contribution in [0, 0.1) is 0 Å². The van der Waals surface area contributed by atoms with Crippen molar-refractivity contribution in [3.63, 3.8) is 0 Å². The molecule has 0 saturated heterocycles. The second-order valence-corrected chi connectivity index (χ2v) is 7.29. The fourth-order valence-corrected chi connectivity index (χ4v) is 2.34. The predicted molar refractivity (Wildman–Crippen MR) is 103 cm³/mol. The molecule has 1 aromatic carbocycles. The Morgan fingerprint density at radius 2 is 1.93 bits per heavy atom. The Hall–Kier alpha value is -2.76. The van der Waals surface area contributed by atoms with Gasteiger partial charge >= 0.3 is 25.0 Å². The molecule has 0 bridgehead atoms. The summed E-state index contributed by atoms with van der Waals surface area (Å²) in [5.74, 6) is -1.04. The number of nitrogens with zero attached hydrogens (tertiary/aromatic N) is 2. The molecular weight excluding hydrogens is 385 g/mol. The molecule has 9 nitrogen and oxygen atoms in total. The number of carboxylic acids is 1. The minimum absolute atomic E-state index is 0. The summed E-state index contributed by atoms with van der Waals surface area (Å²) in [4.78, 5) is 34.5. The molecule has 0 aliphatic heterocycles. The second-order valence-electron chi connectivity index (χ2n) is 7.29. The van der Waals surface area contributed by atoms with E-state index < -0.39 is 17.7 Å². The van der Waals surface area contributed by atoms with Crippen LogP contribution >= 0.6 is 0 Å². The van der Waals surface area contributed by atoms with Crippen LogP contribution in [0.3, 0.4) is 0 Å². The van der Waals surface area contributed by atoms with E-state index >= 15 is 0 Å². The van der Waals surface area contributed by atoms with E-state index in [1.807, 2.05) is 0 Å².